The molecule has 2 N–H and O–H groups in total. The van der Waals surface area contributed by atoms with E-state index in [9.17, 15) is 0 Å². The van der Waals surface area contributed by atoms with Crippen molar-refractivity contribution in [2.24, 2.45) is 5.73 Å². The first-order valence-electron chi connectivity index (χ1n) is 7.50. The molecule has 0 aromatic rings. The molecule has 0 radical (unpaired) electrons. The third-order valence-corrected chi connectivity index (χ3v) is 3.74. The van der Waals surface area contributed by atoms with Crippen molar-refractivity contribution in [3.63, 3.8) is 0 Å². The van der Waals surface area contributed by atoms with Gasteiger partial charge in [0, 0.05) is 6.61 Å². The van der Waals surface area contributed by atoms with Gasteiger partial charge in [-0.05, 0) is 40.2 Å². The summed E-state index contributed by atoms with van der Waals surface area (Å²) in [5.74, 6) is 0. The zero-order valence-electron chi connectivity index (χ0n) is 13.3. The number of hydrogen-bond donors (Lipinski definition) is 1. The van der Waals surface area contributed by atoms with Crippen molar-refractivity contribution in [1.29, 1.82) is 0 Å². The Kier molecular flexibility index (Phi) is 14.7. The normalized spacial score (nSPS) is 12.0. The van der Waals surface area contributed by atoms with Crippen LogP contribution in [-0.2, 0) is 32.8 Å². The Bertz CT molecular complexity index is 202. The lowest BCUT2D eigenvalue weighted by Crippen LogP contribution is -2.49. The monoisotopic (exact) mass is 327 g/mol. The molecule has 9 heteroatoms. The summed E-state index contributed by atoms with van der Waals surface area (Å²) in [5, 5.41) is 0. The molecule has 0 saturated heterocycles. The number of rotatable bonds is 16. The molecule has 0 saturated carbocycles. The summed E-state index contributed by atoms with van der Waals surface area (Å²) in [7, 11) is -3.62. The summed E-state index contributed by atoms with van der Waals surface area (Å²) in [6, 6.07) is 0. The SMILES string of the molecule is CCOO[Si](OCCCCCCN)(OOCC)OOCC. The zero-order valence-corrected chi connectivity index (χ0v) is 14.3. The second-order valence-electron chi connectivity index (χ2n) is 4.02. The van der Waals surface area contributed by atoms with Gasteiger partial charge in [0.05, 0.1) is 19.8 Å². The Hall–Kier alpha value is -0.103. The molecule has 0 bridgehead atoms. The van der Waals surface area contributed by atoms with Crippen molar-refractivity contribution >= 4 is 9.05 Å². The van der Waals surface area contributed by atoms with Gasteiger partial charge in [0.25, 0.3) is 0 Å². The smallest absolute Gasteiger partial charge is 0.347 e. The van der Waals surface area contributed by atoms with Gasteiger partial charge in [0.15, 0.2) is 0 Å². The van der Waals surface area contributed by atoms with Gasteiger partial charge in [-0.2, -0.15) is 13.7 Å². The van der Waals surface area contributed by atoms with Gasteiger partial charge in [-0.3, -0.25) is 0 Å². The first kappa shape index (κ1) is 20.9. The third-order valence-electron chi connectivity index (χ3n) is 2.21. The van der Waals surface area contributed by atoms with Crippen molar-refractivity contribution in [2.45, 2.75) is 46.5 Å². The van der Waals surface area contributed by atoms with Crippen LogP contribution in [0.25, 0.3) is 0 Å². The summed E-state index contributed by atoms with van der Waals surface area (Å²) < 4.78 is 20.9. The maximum absolute atomic E-state index is 5.58. The van der Waals surface area contributed by atoms with Gasteiger partial charge >= 0.3 is 9.05 Å². The fraction of sp³-hybridized carbons (Fsp3) is 1.00. The second kappa shape index (κ2) is 14.8. The largest absolute Gasteiger partial charge is 0.764 e. The van der Waals surface area contributed by atoms with Crippen molar-refractivity contribution in [2.75, 3.05) is 33.0 Å². The first-order chi connectivity index (χ1) is 10.2. The van der Waals surface area contributed by atoms with Gasteiger partial charge in [-0.1, -0.05) is 12.8 Å². The molecule has 0 aliphatic heterocycles. The molecular formula is C12H29NO7Si. The van der Waals surface area contributed by atoms with E-state index in [1.54, 1.807) is 20.8 Å². The van der Waals surface area contributed by atoms with Crippen molar-refractivity contribution in [3.05, 3.63) is 0 Å². The van der Waals surface area contributed by atoms with E-state index in [4.69, 9.17) is 38.6 Å². The topological polar surface area (TPSA) is 90.6 Å². The van der Waals surface area contributed by atoms with Gasteiger partial charge in [0.2, 0.25) is 0 Å². The van der Waals surface area contributed by atoms with Crippen LogP contribution in [0.2, 0.25) is 0 Å². The minimum absolute atomic E-state index is 0.319. The highest BCUT2D eigenvalue weighted by atomic mass is 28.4. The van der Waals surface area contributed by atoms with Gasteiger partial charge in [0.1, 0.15) is 0 Å². The van der Waals surface area contributed by atoms with Gasteiger partial charge in [-0.25, -0.2) is 14.7 Å². The van der Waals surface area contributed by atoms with Gasteiger partial charge in [-0.15, -0.1) is 0 Å². The average Bonchev–Trinajstić information content (AvgIpc) is 2.51. The highest BCUT2D eigenvalue weighted by molar-refractivity contribution is 6.52. The third kappa shape index (κ3) is 11.2. The molecule has 0 atom stereocenters. The quantitative estimate of drug-likeness (QED) is 0.199. The van der Waals surface area contributed by atoms with E-state index >= 15 is 0 Å². The highest BCUT2D eigenvalue weighted by Gasteiger charge is 2.52. The van der Waals surface area contributed by atoms with E-state index in [1.165, 1.54) is 0 Å². The summed E-state index contributed by atoms with van der Waals surface area (Å²) in [6.45, 7) is 7.37. The van der Waals surface area contributed by atoms with Crippen molar-refractivity contribution in [3.8, 4) is 0 Å². The molecular weight excluding hydrogens is 298 g/mol. The Morgan fingerprint density at radius 1 is 0.714 bits per heavy atom. The summed E-state index contributed by atoms with van der Waals surface area (Å²) >= 11 is 0. The lowest BCUT2D eigenvalue weighted by molar-refractivity contribution is -0.385. The minimum atomic E-state index is -3.62. The molecule has 0 unspecified atom stereocenters. The van der Waals surface area contributed by atoms with Crippen LogP contribution in [0, 0.1) is 0 Å². The molecule has 0 heterocycles. The van der Waals surface area contributed by atoms with Gasteiger partial charge < -0.3 is 10.2 Å². The minimum Gasteiger partial charge on any atom is -0.347 e. The first-order valence-corrected chi connectivity index (χ1v) is 9.13. The molecule has 0 fully saturated rings. The molecule has 0 rings (SSSR count). The average molecular weight is 327 g/mol. The Morgan fingerprint density at radius 2 is 1.19 bits per heavy atom. The van der Waals surface area contributed by atoms with Crippen molar-refractivity contribution < 1.29 is 32.8 Å². The molecule has 0 aromatic carbocycles. The van der Waals surface area contributed by atoms with Crippen LogP contribution in [-0.4, -0.2) is 42.0 Å². The van der Waals surface area contributed by atoms with E-state index in [1.807, 2.05) is 0 Å². The number of unbranched alkanes of at least 4 members (excludes halogenated alkanes) is 3. The van der Waals surface area contributed by atoms with E-state index < -0.39 is 9.05 Å². The van der Waals surface area contributed by atoms with Crippen LogP contribution in [0.5, 0.6) is 0 Å². The molecule has 21 heavy (non-hydrogen) atoms. The maximum atomic E-state index is 5.58. The molecule has 0 amide bonds. The molecule has 0 aliphatic carbocycles. The van der Waals surface area contributed by atoms with E-state index in [0.29, 0.717) is 33.0 Å². The van der Waals surface area contributed by atoms with E-state index in [0.717, 1.165) is 25.7 Å². The van der Waals surface area contributed by atoms with Crippen LogP contribution in [0.4, 0.5) is 0 Å². The second-order valence-corrected chi connectivity index (χ2v) is 5.81. The molecule has 0 aliphatic rings. The standard InChI is InChI=1S/C12H29NO7Si/c1-4-14-18-21(19-15-5-2,20-16-6-3)17-12-10-8-7-9-11-13/h4-13H2,1-3H3. The van der Waals surface area contributed by atoms with E-state index in [2.05, 4.69) is 0 Å². The predicted molar refractivity (Wildman–Crippen MR) is 77.4 cm³/mol. The molecule has 128 valence electrons. The van der Waals surface area contributed by atoms with Crippen molar-refractivity contribution in [1.82, 2.24) is 0 Å². The van der Waals surface area contributed by atoms with Crippen LogP contribution in [0.3, 0.4) is 0 Å². The fourth-order valence-electron chi connectivity index (χ4n) is 1.30. The van der Waals surface area contributed by atoms with Crippen LogP contribution in [0.15, 0.2) is 0 Å². The fourth-order valence-corrected chi connectivity index (χ4v) is 2.71. The molecule has 8 nitrogen and oxygen atoms in total. The zero-order chi connectivity index (χ0) is 15.8. The maximum Gasteiger partial charge on any atom is 0.764 e. The van der Waals surface area contributed by atoms with Crippen LogP contribution in [0.1, 0.15) is 46.5 Å². The Morgan fingerprint density at radius 3 is 1.62 bits per heavy atom. The lowest BCUT2D eigenvalue weighted by atomic mass is 10.2. The molecule has 0 aromatic heterocycles. The Labute approximate surface area is 128 Å². The van der Waals surface area contributed by atoms with Crippen LogP contribution >= 0.6 is 0 Å². The van der Waals surface area contributed by atoms with E-state index in [-0.39, 0.29) is 0 Å². The van der Waals surface area contributed by atoms with Crippen LogP contribution < -0.4 is 5.73 Å². The highest BCUT2D eigenvalue weighted by Crippen LogP contribution is 2.15. The Balaban J connectivity index is 4.28. The summed E-state index contributed by atoms with van der Waals surface area (Å²) in [5.41, 5.74) is 5.44. The number of nitrogens with two attached hydrogens (primary N) is 1. The predicted octanol–water partition coefficient (Wildman–Crippen LogP) is 1.86. The summed E-state index contributed by atoms with van der Waals surface area (Å²) in [6.07, 6.45) is 3.89. The number of hydrogen-bond acceptors (Lipinski definition) is 8. The summed E-state index contributed by atoms with van der Waals surface area (Å²) in [4.78, 5) is 14.7. The lowest BCUT2D eigenvalue weighted by Gasteiger charge is -2.23. The molecule has 0 spiro atoms.